The van der Waals surface area contributed by atoms with Gasteiger partial charge in [0.25, 0.3) is 0 Å². The van der Waals surface area contributed by atoms with Crippen molar-refractivity contribution in [1.29, 1.82) is 0 Å². The third-order valence-electron chi connectivity index (χ3n) is 3.22. The number of nitrogens with two attached hydrogens (primary N) is 1. The number of benzene rings is 1. The number of aromatic nitrogens is 2. The highest BCUT2D eigenvalue weighted by Crippen LogP contribution is 2.10. The van der Waals surface area contributed by atoms with Gasteiger partial charge in [0.2, 0.25) is 5.91 Å². The van der Waals surface area contributed by atoms with E-state index in [0.717, 1.165) is 13.0 Å². The molecule has 1 aromatic heterocycles. The molecule has 0 aliphatic heterocycles. The Balaban J connectivity index is 1.97. The number of carbonyl (C=O) groups is 1. The molecule has 5 nitrogen and oxygen atoms in total. The molecule has 0 saturated carbocycles. The first kappa shape index (κ1) is 14.3. The van der Waals surface area contributed by atoms with Gasteiger partial charge in [0.15, 0.2) is 0 Å². The van der Waals surface area contributed by atoms with Crippen LogP contribution in [0.5, 0.6) is 0 Å². The number of hydrogen-bond acceptors (Lipinski definition) is 3. The van der Waals surface area contributed by atoms with Crippen molar-refractivity contribution in [2.45, 2.75) is 19.9 Å². The fraction of sp³-hybridized carbons (Fsp3) is 0.333. The van der Waals surface area contributed by atoms with Gasteiger partial charge in [-0.3, -0.25) is 4.79 Å². The van der Waals surface area contributed by atoms with Crippen molar-refractivity contribution in [2.24, 2.45) is 11.7 Å². The predicted molar refractivity (Wildman–Crippen MR) is 79.2 cm³/mol. The summed E-state index contributed by atoms with van der Waals surface area (Å²) >= 11 is 0. The molecule has 0 bridgehead atoms. The Morgan fingerprint density at radius 2 is 2.10 bits per heavy atom. The van der Waals surface area contributed by atoms with Gasteiger partial charge in [0.1, 0.15) is 5.82 Å². The third-order valence-corrected chi connectivity index (χ3v) is 3.22. The maximum atomic E-state index is 11.8. The van der Waals surface area contributed by atoms with E-state index in [4.69, 9.17) is 5.73 Å². The highest BCUT2D eigenvalue weighted by Gasteiger charge is 2.13. The molecule has 0 spiro atoms. The van der Waals surface area contributed by atoms with Crippen LogP contribution in [-0.4, -0.2) is 22.2 Å². The lowest BCUT2D eigenvalue weighted by Gasteiger charge is -2.12. The number of rotatable bonds is 6. The van der Waals surface area contributed by atoms with Crippen LogP contribution in [0.2, 0.25) is 0 Å². The van der Waals surface area contributed by atoms with Gasteiger partial charge in [-0.25, -0.2) is 4.68 Å². The maximum Gasteiger partial charge on any atom is 0.229 e. The summed E-state index contributed by atoms with van der Waals surface area (Å²) < 4.78 is 1.80. The first-order valence-electron chi connectivity index (χ1n) is 6.77. The molecule has 0 aliphatic carbocycles. The SMILES string of the molecule is CC(CN)C(=O)Nc1ccnn1CCc1ccccc1. The molecule has 0 saturated heterocycles. The molecule has 0 radical (unpaired) electrons. The number of hydrogen-bond donors (Lipinski definition) is 2. The molecule has 1 atom stereocenters. The molecule has 0 fully saturated rings. The van der Waals surface area contributed by atoms with E-state index in [0.29, 0.717) is 12.4 Å². The topological polar surface area (TPSA) is 72.9 Å². The predicted octanol–water partition coefficient (Wildman–Crippen LogP) is 1.66. The van der Waals surface area contributed by atoms with Gasteiger partial charge < -0.3 is 11.1 Å². The zero-order valence-corrected chi connectivity index (χ0v) is 11.6. The van der Waals surface area contributed by atoms with Crippen molar-refractivity contribution in [1.82, 2.24) is 9.78 Å². The van der Waals surface area contributed by atoms with Crippen LogP contribution < -0.4 is 11.1 Å². The molecule has 1 unspecified atom stereocenters. The molecule has 2 aromatic rings. The Kier molecular flexibility index (Phi) is 4.90. The first-order chi connectivity index (χ1) is 9.70. The van der Waals surface area contributed by atoms with Crippen molar-refractivity contribution < 1.29 is 4.79 Å². The van der Waals surface area contributed by atoms with Gasteiger partial charge in [-0.05, 0) is 12.0 Å². The van der Waals surface area contributed by atoms with E-state index < -0.39 is 0 Å². The molecular formula is C15H20N4O. The van der Waals surface area contributed by atoms with E-state index in [1.54, 1.807) is 23.9 Å². The number of carbonyl (C=O) groups excluding carboxylic acids is 1. The zero-order valence-electron chi connectivity index (χ0n) is 11.6. The second-order valence-corrected chi connectivity index (χ2v) is 4.80. The molecule has 1 heterocycles. The van der Waals surface area contributed by atoms with Gasteiger partial charge in [-0.15, -0.1) is 0 Å². The Bertz CT molecular complexity index is 550. The number of aryl methyl sites for hydroxylation is 2. The average Bonchev–Trinajstić information content (AvgIpc) is 2.92. The highest BCUT2D eigenvalue weighted by molar-refractivity contribution is 5.91. The molecule has 3 N–H and O–H groups in total. The number of nitrogens with zero attached hydrogens (tertiary/aromatic N) is 2. The van der Waals surface area contributed by atoms with Crippen LogP contribution in [0.4, 0.5) is 5.82 Å². The van der Waals surface area contributed by atoms with Crippen LogP contribution in [-0.2, 0) is 17.8 Å². The quantitative estimate of drug-likeness (QED) is 0.840. The van der Waals surface area contributed by atoms with Crippen molar-refractivity contribution in [3.8, 4) is 0 Å². The zero-order chi connectivity index (χ0) is 14.4. The van der Waals surface area contributed by atoms with Gasteiger partial charge >= 0.3 is 0 Å². The van der Waals surface area contributed by atoms with E-state index in [2.05, 4.69) is 22.5 Å². The first-order valence-corrected chi connectivity index (χ1v) is 6.77. The number of amides is 1. The Morgan fingerprint density at radius 1 is 1.35 bits per heavy atom. The van der Waals surface area contributed by atoms with Crippen LogP contribution in [0.1, 0.15) is 12.5 Å². The Morgan fingerprint density at radius 3 is 2.80 bits per heavy atom. The van der Waals surface area contributed by atoms with Crippen molar-refractivity contribution >= 4 is 11.7 Å². The molecule has 2 rings (SSSR count). The molecule has 1 amide bonds. The highest BCUT2D eigenvalue weighted by atomic mass is 16.2. The minimum atomic E-state index is -0.201. The van der Waals surface area contributed by atoms with Gasteiger partial charge in [-0.1, -0.05) is 37.3 Å². The lowest BCUT2D eigenvalue weighted by Crippen LogP contribution is -2.27. The number of anilines is 1. The van der Waals surface area contributed by atoms with Gasteiger partial charge in [-0.2, -0.15) is 5.10 Å². The van der Waals surface area contributed by atoms with Crippen LogP contribution >= 0.6 is 0 Å². The molecular weight excluding hydrogens is 252 g/mol. The van der Waals surface area contributed by atoms with E-state index in [1.807, 2.05) is 18.2 Å². The molecule has 20 heavy (non-hydrogen) atoms. The van der Waals surface area contributed by atoms with E-state index in [-0.39, 0.29) is 11.8 Å². The Labute approximate surface area is 118 Å². The Hall–Kier alpha value is -2.14. The average molecular weight is 272 g/mol. The maximum absolute atomic E-state index is 11.8. The van der Waals surface area contributed by atoms with Crippen molar-refractivity contribution in [2.75, 3.05) is 11.9 Å². The summed E-state index contributed by atoms with van der Waals surface area (Å²) in [6.07, 6.45) is 2.56. The standard InChI is InChI=1S/C15H20N4O/c1-12(11-16)15(20)18-14-7-9-17-19(14)10-8-13-5-3-2-4-6-13/h2-7,9,12H,8,10-11,16H2,1H3,(H,18,20). The minimum absolute atomic E-state index is 0.0750. The summed E-state index contributed by atoms with van der Waals surface area (Å²) in [6, 6.07) is 12.0. The van der Waals surface area contributed by atoms with Crippen LogP contribution in [0.3, 0.4) is 0 Å². The van der Waals surface area contributed by atoms with E-state index in [9.17, 15) is 4.79 Å². The smallest absolute Gasteiger partial charge is 0.229 e. The van der Waals surface area contributed by atoms with E-state index in [1.165, 1.54) is 5.56 Å². The van der Waals surface area contributed by atoms with Crippen LogP contribution in [0.25, 0.3) is 0 Å². The lowest BCUT2D eigenvalue weighted by atomic mass is 10.1. The van der Waals surface area contributed by atoms with Gasteiger partial charge in [0.05, 0.1) is 6.20 Å². The molecule has 0 aliphatic rings. The fourth-order valence-corrected chi connectivity index (χ4v) is 1.85. The van der Waals surface area contributed by atoms with Crippen molar-refractivity contribution in [3.63, 3.8) is 0 Å². The summed E-state index contributed by atoms with van der Waals surface area (Å²) in [5.41, 5.74) is 6.74. The molecule has 1 aromatic carbocycles. The third kappa shape index (κ3) is 3.68. The van der Waals surface area contributed by atoms with Crippen molar-refractivity contribution in [3.05, 3.63) is 48.2 Å². The van der Waals surface area contributed by atoms with Gasteiger partial charge in [0, 0.05) is 25.1 Å². The van der Waals surface area contributed by atoms with Crippen LogP contribution in [0.15, 0.2) is 42.6 Å². The second kappa shape index (κ2) is 6.86. The molecule has 106 valence electrons. The second-order valence-electron chi connectivity index (χ2n) is 4.80. The molecule has 5 heteroatoms. The fourth-order valence-electron chi connectivity index (χ4n) is 1.85. The summed E-state index contributed by atoms with van der Waals surface area (Å²) in [5.74, 6) is 0.438. The normalized spacial score (nSPS) is 12.1. The summed E-state index contributed by atoms with van der Waals surface area (Å²) in [7, 11) is 0. The monoisotopic (exact) mass is 272 g/mol. The lowest BCUT2D eigenvalue weighted by molar-refractivity contribution is -0.119. The summed E-state index contributed by atoms with van der Waals surface area (Å²) in [4.78, 5) is 11.8. The summed E-state index contributed by atoms with van der Waals surface area (Å²) in [6.45, 7) is 2.87. The summed E-state index contributed by atoms with van der Waals surface area (Å²) in [5, 5.41) is 7.10. The number of nitrogens with one attached hydrogen (secondary N) is 1. The van der Waals surface area contributed by atoms with Crippen LogP contribution in [0, 0.1) is 5.92 Å². The van der Waals surface area contributed by atoms with E-state index >= 15 is 0 Å². The minimum Gasteiger partial charge on any atom is -0.330 e. The largest absolute Gasteiger partial charge is 0.330 e.